The van der Waals surface area contributed by atoms with Gasteiger partial charge in [0.1, 0.15) is 12.7 Å². The number of aromatic carboxylic acids is 1. The Labute approximate surface area is 172 Å². The molecule has 3 heterocycles. The normalized spacial score (nSPS) is 15.4. The minimum absolute atomic E-state index is 0.342. The van der Waals surface area contributed by atoms with Gasteiger partial charge in [-0.05, 0) is 42.5 Å². The van der Waals surface area contributed by atoms with E-state index in [1.54, 1.807) is 11.0 Å². The minimum Gasteiger partial charge on any atom is -0.478 e. The van der Waals surface area contributed by atoms with Gasteiger partial charge >= 0.3 is 5.97 Å². The minimum atomic E-state index is -0.920. The fraction of sp³-hybridized carbons (Fsp3) is 0.130. The number of carboxylic acids is 1. The largest absolute Gasteiger partial charge is 0.478 e. The zero-order valence-corrected chi connectivity index (χ0v) is 16.4. The SMILES string of the molecule is CN1C/C(=C/c2ccc(-n3cncn3)cc2)c2nc3ccccc3c(C(=O)O)c2C1. The van der Waals surface area contributed by atoms with Crippen LogP contribution in [-0.2, 0) is 6.54 Å². The van der Waals surface area contributed by atoms with Gasteiger partial charge in [-0.3, -0.25) is 4.90 Å². The molecule has 0 atom stereocenters. The molecule has 1 N–H and O–H groups in total. The highest BCUT2D eigenvalue weighted by molar-refractivity contribution is 6.06. The Morgan fingerprint density at radius 1 is 1.10 bits per heavy atom. The highest BCUT2D eigenvalue weighted by Crippen LogP contribution is 2.33. The van der Waals surface area contributed by atoms with Crippen molar-refractivity contribution in [2.75, 3.05) is 13.6 Å². The maximum atomic E-state index is 12.1. The van der Waals surface area contributed by atoms with Crippen LogP contribution in [0.15, 0.2) is 61.2 Å². The Morgan fingerprint density at radius 2 is 1.90 bits per heavy atom. The summed E-state index contributed by atoms with van der Waals surface area (Å²) >= 11 is 0. The van der Waals surface area contributed by atoms with Gasteiger partial charge in [-0.2, -0.15) is 5.10 Å². The number of carboxylic acid groups (broad SMARTS) is 1. The molecule has 0 aliphatic carbocycles. The lowest BCUT2D eigenvalue weighted by Gasteiger charge is -2.28. The number of likely N-dealkylation sites (N-methyl/N-ethyl adjacent to an activating group) is 1. The van der Waals surface area contributed by atoms with E-state index < -0.39 is 5.97 Å². The van der Waals surface area contributed by atoms with Crippen molar-refractivity contribution in [2.24, 2.45) is 0 Å². The molecule has 30 heavy (non-hydrogen) atoms. The number of hydrogen-bond donors (Lipinski definition) is 1. The molecule has 1 aliphatic heterocycles. The van der Waals surface area contributed by atoms with E-state index in [1.165, 1.54) is 6.33 Å². The maximum Gasteiger partial charge on any atom is 0.336 e. The third kappa shape index (κ3) is 3.15. The molecule has 2 aromatic heterocycles. The summed E-state index contributed by atoms with van der Waals surface area (Å²) in [5.41, 5.74) is 5.51. The van der Waals surface area contributed by atoms with Crippen molar-refractivity contribution < 1.29 is 9.90 Å². The van der Waals surface area contributed by atoms with E-state index >= 15 is 0 Å². The molecule has 7 nitrogen and oxygen atoms in total. The molecule has 0 radical (unpaired) electrons. The molecular formula is C23H19N5O2. The molecule has 0 saturated carbocycles. The molecule has 5 rings (SSSR count). The molecular weight excluding hydrogens is 378 g/mol. The van der Waals surface area contributed by atoms with Gasteiger partial charge in [-0.15, -0.1) is 0 Å². The second kappa shape index (κ2) is 7.20. The van der Waals surface area contributed by atoms with Crippen LogP contribution in [0.25, 0.3) is 28.2 Å². The van der Waals surface area contributed by atoms with Gasteiger partial charge in [-0.1, -0.05) is 30.3 Å². The second-order valence-electron chi connectivity index (χ2n) is 7.41. The second-order valence-corrected chi connectivity index (χ2v) is 7.41. The van der Waals surface area contributed by atoms with Crippen LogP contribution in [0, 0.1) is 0 Å². The topological polar surface area (TPSA) is 84.1 Å². The van der Waals surface area contributed by atoms with E-state index in [9.17, 15) is 9.90 Å². The van der Waals surface area contributed by atoms with E-state index in [1.807, 2.05) is 55.6 Å². The summed E-state index contributed by atoms with van der Waals surface area (Å²) in [6.07, 6.45) is 5.23. The van der Waals surface area contributed by atoms with Crippen LogP contribution < -0.4 is 0 Å². The van der Waals surface area contributed by atoms with Crippen molar-refractivity contribution >= 4 is 28.5 Å². The van der Waals surface area contributed by atoms with E-state index in [4.69, 9.17) is 4.98 Å². The van der Waals surface area contributed by atoms with Crippen LogP contribution in [0.2, 0.25) is 0 Å². The monoisotopic (exact) mass is 397 g/mol. The number of fused-ring (bicyclic) bond motifs is 2. The van der Waals surface area contributed by atoms with Gasteiger partial charge in [0, 0.05) is 24.0 Å². The van der Waals surface area contributed by atoms with Crippen LogP contribution in [0.1, 0.15) is 27.2 Å². The Bertz CT molecular complexity index is 1280. The van der Waals surface area contributed by atoms with Gasteiger partial charge in [0.2, 0.25) is 0 Å². The average Bonchev–Trinajstić information content (AvgIpc) is 3.27. The van der Waals surface area contributed by atoms with E-state index in [0.717, 1.165) is 28.1 Å². The standard InChI is InChI=1S/C23H19N5O2/c1-27-11-16(10-15-6-8-17(9-7-15)28-14-24-13-25-28)22-19(12-27)21(23(29)30)18-4-2-3-5-20(18)26-22/h2-10,13-14H,11-12H2,1H3,(H,29,30)/b16-10-. The van der Waals surface area contributed by atoms with Crippen molar-refractivity contribution in [1.29, 1.82) is 0 Å². The lowest BCUT2D eigenvalue weighted by Crippen LogP contribution is -2.28. The molecule has 4 aromatic rings. The summed E-state index contributed by atoms with van der Waals surface area (Å²) in [7, 11) is 1.99. The van der Waals surface area contributed by atoms with Crippen molar-refractivity contribution in [2.45, 2.75) is 6.54 Å². The summed E-state index contributed by atoms with van der Waals surface area (Å²) in [5, 5.41) is 14.8. The van der Waals surface area contributed by atoms with Crippen LogP contribution in [-0.4, -0.2) is 49.3 Å². The zero-order valence-electron chi connectivity index (χ0n) is 16.4. The first-order valence-electron chi connectivity index (χ1n) is 9.59. The predicted molar refractivity (Wildman–Crippen MR) is 114 cm³/mol. The smallest absolute Gasteiger partial charge is 0.336 e. The lowest BCUT2D eigenvalue weighted by molar-refractivity contribution is 0.0696. The number of benzene rings is 2. The number of hydrogen-bond acceptors (Lipinski definition) is 5. The molecule has 1 aliphatic rings. The summed E-state index contributed by atoms with van der Waals surface area (Å²) in [4.78, 5) is 23.1. The third-order valence-electron chi connectivity index (χ3n) is 5.30. The lowest BCUT2D eigenvalue weighted by atomic mass is 9.92. The fourth-order valence-electron chi connectivity index (χ4n) is 3.99. The van der Waals surface area contributed by atoms with Crippen molar-refractivity contribution in [3.8, 4) is 5.69 Å². The maximum absolute atomic E-state index is 12.1. The number of rotatable bonds is 3. The first-order chi connectivity index (χ1) is 14.6. The highest BCUT2D eigenvalue weighted by atomic mass is 16.4. The molecule has 0 fully saturated rings. The summed E-state index contributed by atoms with van der Waals surface area (Å²) < 4.78 is 1.70. The average molecular weight is 397 g/mol. The Hall–Kier alpha value is -3.84. The zero-order chi connectivity index (χ0) is 20.7. The number of carbonyl (C=O) groups is 1. The number of aromatic nitrogens is 4. The third-order valence-corrected chi connectivity index (χ3v) is 5.30. The highest BCUT2D eigenvalue weighted by Gasteiger charge is 2.27. The first kappa shape index (κ1) is 18.2. The van der Waals surface area contributed by atoms with Gasteiger partial charge in [0.25, 0.3) is 0 Å². The van der Waals surface area contributed by atoms with Gasteiger partial charge in [-0.25, -0.2) is 19.4 Å². The van der Waals surface area contributed by atoms with Crippen molar-refractivity contribution in [3.05, 3.63) is 83.6 Å². The van der Waals surface area contributed by atoms with Gasteiger partial charge in [0.15, 0.2) is 0 Å². The Balaban J connectivity index is 1.64. The summed E-state index contributed by atoms with van der Waals surface area (Å²) in [5.74, 6) is -0.920. The molecule has 0 spiro atoms. The van der Waals surface area contributed by atoms with E-state index in [2.05, 4.69) is 21.1 Å². The molecule has 0 saturated heterocycles. The molecule has 0 unspecified atom stereocenters. The number of pyridine rings is 1. The number of nitrogens with zero attached hydrogens (tertiary/aromatic N) is 5. The Kier molecular flexibility index (Phi) is 4.37. The van der Waals surface area contributed by atoms with Crippen LogP contribution in [0.4, 0.5) is 0 Å². The van der Waals surface area contributed by atoms with Crippen molar-refractivity contribution in [1.82, 2.24) is 24.6 Å². The van der Waals surface area contributed by atoms with Gasteiger partial charge in [0.05, 0.1) is 22.5 Å². The fourth-order valence-corrected chi connectivity index (χ4v) is 3.99. The van der Waals surface area contributed by atoms with Gasteiger partial charge < -0.3 is 5.11 Å². The summed E-state index contributed by atoms with van der Waals surface area (Å²) in [6.45, 7) is 1.25. The van der Waals surface area contributed by atoms with Crippen LogP contribution >= 0.6 is 0 Å². The first-order valence-corrected chi connectivity index (χ1v) is 9.59. The molecule has 7 heteroatoms. The molecule has 0 amide bonds. The van der Waals surface area contributed by atoms with E-state index in [0.29, 0.717) is 29.6 Å². The number of para-hydroxylation sites is 1. The predicted octanol–water partition coefficient (Wildman–Crippen LogP) is 3.50. The van der Waals surface area contributed by atoms with E-state index in [-0.39, 0.29) is 0 Å². The van der Waals surface area contributed by atoms with Crippen LogP contribution in [0.3, 0.4) is 0 Å². The van der Waals surface area contributed by atoms with Crippen LogP contribution in [0.5, 0.6) is 0 Å². The molecule has 2 aromatic carbocycles. The quantitative estimate of drug-likeness (QED) is 0.570. The molecule has 148 valence electrons. The van der Waals surface area contributed by atoms with Crippen molar-refractivity contribution in [3.63, 3.8) is 0 Å². The Morgan fingerprint density at radius 3 is 2.63 bits per heavy atom. The summed E-state index contributed by atoms with van der Waals surface area (Å²) in [6, 6.07) is 15.4. The molecule has 0 bridgehead atoms.